The van der Waals surface area contributed by atoms with E-state index in [2.05, 4.69) is 9.97 Å². The summed E-state index contributed by atoms with van der Waals surface area (Å²) in [5.74, 6) is 0.936. The summed E-state index contributed by atoms with van der Waals surface area (Å²) < 4.78 is 5.30. The highest BCUT2D eigenvalue weighted by atomic mass is 16.5. The molecule has 3 N–H and O–H groups in total. The van der Waals surface area contributed by atoms with E-state index in [-0.39, 0.29) is 0 Å². The molecule has 0 saturated carbocycles. The molecule has 1 aliphatic rings. The lowest BCUT2D eigenvalue weighted by atomic mass is 9.97. The monoisotopic (exact) mass is 195 g/mol. The van der Waals surface area contributed by atoms with Crippen LogP contribution in [0.1, 0.15) is 30.6 Å². The smallest absolute Gasteiger partial charge is 0.132 e. The third-order valence-corrected chi connectivity index (χ3v) is 2.57. The van der Waals surface area contributed by atoms with Crippen LogP contribution in [0, 0.1) is 0 Å². The minimum atomic E-state index is 0.294. The fourth-order valence-electron chi connectivity index (χ4n) is 1.83. The number of imidazole rings is 1. The number of ether oxygens (including phenoxy) is 1. The molecule has 0 saturated heterocycles. The average Bonchev–Trinajstić information content (AvgIpc) is 2.56. The van der Waals surface area contributed by atoms with Gasteiger partial charge in [-0.1, -0.05) is 0 Å². The first kappa shape index (κ1) is 9.68. The standard InChI is InChI=1S/C10H17N3O/c1-2-14-6-10-12-8-4-3-7(11)5-9(8)13-10/h7H,2-6,11H2,1H3,(H,12,13). The Balaban J connectivity index is 2.07. The predicted octanol–water partition coefficient (Wildman–Crippen LogP) is 0.762. The van der Waals surface area contributed by atoms with Crippen molar-refractivity contribution in [2.75, 3.05) is 6.61 Å². The third kappa shape index (κ3) is 1.96. The highest BCUT2D eigenvalue weighted by Gasteiger charge is 2.19. The largest absolute Gasteiger partial charge is 0.374 e. The van der Waals surface area contributed by atoms with E-state index < -0.39 is 0 Å². The van der Waals surface area contributed by atoms with Gasteiger partial charge in [0.1, 0.15) is 12.4 Å². The Labute approximate surface area is 83.9 Å². The van der Waals surface area contributed by atoms with Gasteiger partial charge < -0.3 is 15.5 Å². The van der Waals surface area contributed by atoms with Gasteiger partial charge in [0, 0.05) is 24.8 Å². The van der Waals surface area contributed by atoms with Crippen molar-refractivity contribution in [2.45, 2.75) is 38.8 Å². The highest BCUT2D eigenvalue weighted by Crippen LogP contribution is 2.18. The molecule has 1 unspecified atom stereocenters. The molecule has 4 nitrogen and oxygen atoms in total. The molecule has 1 aliphatic carbocycles. The van der Waals surface area contributed by atoms with Crippen molar-refractivity contribution in [1.29, 1.82) is 0 Å². The van der Waals surface area contributed by atoms with Crippen molar-refractivity contribution in [3.05, 3.63) is 17.2 Å². The van der Waals surface area contributed by atoms with Gasteiger partial charge in [0.2, 0.25) is 0 Å². The number of hydrogen-bond donors (Lipinski definition) is 2. The Morgan fingerprint density at radius 1 is 1.64 bits per heavy atom. The van der Waals surface area contributed by atoms with Crippen LogP contribution >= 0.6 is 0 Å². The van der Waals surface area contributed by atoms with Crippen LogP contribution in [0.15, 0.2) is 0 Å². The molecule has 1 heterocycles. The van der Waals surface area contributed by atoms with E-state index in [0.717, 1.165) is 31.7 Å². The zero-order valence-electron chi connectivity index (χ0n) is 8.55. The van der Waals surface area contributed by atoms with Gasteiger partial charge >= 0.3 is 0 Å². The quantitative estimate of drug-likeness (QED) is 0.748. The summed E-state index contributed by atoms with van der Waals surface area (Å²) in [4.78, 5) is 7.77. The number of nitrogens with two attached hydrogens (primary N) is 1. The van der Waals surface area contributed by atoms with E-state index in [1.54, 1.807) is 0 Å². The number of fused-ring (bicyclic) bond motifs is 1. The number of nitrogens with zero attached hydrogens (tertiary/aromatic N) is 1. The molecular weight excluding hydrogens is 178 g/mol. The molecule has 0 aliphatic heterocycles. The molecule has 0 bridgehead atoms. The Morgan fingerprint density at radius 3 is 3.29 bits per heavy atom. The van der Waals surface area contributed by atoms with E-state index in [9.17, 15) is 0 Å². The van der Waals surface area contributed by atoms with Crippen molar-refractivity contribution in [3.8, 4) is 0 Å². The maximum atomic E-state index is 5.88. The summed E-state index contributed by atoms with van der Waals surface area (Å²) in [5, 5.41) is 0. The first-order valence-corrected chi connectivity index (χ1v) is 5.19. The lowest BCUT2D eigenvalue weighted by Gasteiger charge is -2.15. The van der Waals surface area contributed by atoms with E-state index in [1.807, 2.05) is 6.92 Å². The molecule has 0 radical (unpaired) electrons. The van der Waals surface area contributed by atoms with Gasteiger partial charge in [-0.15, -0.1) is 0 Å². The van der Waals surface area contributed by atoms with Crippen molar-refractivity contribution >= 4 is 0 Å². The molecule has 0 amide bonds. The summed E-state index contributed by atoms with van der Waals surface area (Å²) >= 11 is 0. The zero-order chi connectivity index (χ0) is 9.97. The summed E-state index contributed by atoms with van der Waals surface area (Å²) in [6.07, 6.45) is 2.97. The van der Waals surface area contributed by atoms with Crippen LogP contribution < -0.4 is 5.73 Å². The average molecular weight is 195 g/mol. The van der Waals surface area contributed by atoms with Crippen LogP contribution in [-0.2, 0) is 24.2 Å². The molecule has 1 aromatic heterocycles. The molecule has 1 aromatic rings. The fourth-order valence-corrected chi connectivity index (χ4v) is 1.83. The van der Waals surface area contributed by atoms with Gasteiger partial charge in [-0.3, -0.25) is 0 Å². The molecule has 78 valence electrons. The number of aromatic amines is 1. The first-order chi connectivity index (χ1) is 6.79. The molecule has 2 rings (SSSR count). The van der Waals surface area contributed by atoms with E-state index in [1.165, 1.54) is 11.4 Å². The Bertz CT molecular complexity index is 308. The number of hydrogen-bond acceptors (Lipinski definition) is 3. The summed E-state index contributed by atoms with van der Waals surface area (Å²) in [7, 11) is 0. The van der Waals surface area contributed by atoms with Gasteiger partial charge in [-0.05, 0) is 19.8 Å². The van der Waals surface area contributed by atoms with Gasteiger partial charge in [0.25, 0.3) is 0 Å². The van der Waals surface area contributed by atoms with Crippen molar-refractivity contribution in [3.63, 3.8) is 0 Å². The van der Waals surface area contributed by atoms with Crippen LogP contribution in [0.4, 0.5) is 0 Å². The zero-order valence-corrected chi connectivity index (χ0v) is 8.55. The normalized spacial score (nSPS) is 20.9. The maximum absolute atomic E-state index is 5.88. The molecule has 4 heteroatoms. The minimum absolute atomic E-state index is 0.294. The van der Waals surface area contributed by atoms with E-state index >= 15 is 0 Å². The molecule has 0 aromatic carbocycles. The molecule has 0 fully saturated rings. The lowest BCUT2D eigenvalue weighted by molar-refractivity contribution is 0.128. The van der Waals surface area contributed by atoms with Crippen molar-refractivity contribution in [2.24, 2.45) is 5.73 Å². The third-order valence-electron chi connectivity index (χ3n) is 2.57. The van der Waals surface area contributed by atoms with E-state index in [0.29, 0.717) is 12.6 Å². The summed E-state index contributed by atoms with van der Waals surface area (Å²) in [5.41, 5.74) is 8.27. The van der Waals surface area contributed by atoms with Gasteiger partial charge in [-0.2, -0.15) is 0 Å². The highest BCUT2D eigenvalue weighted by molar-refractivity contribution is 5.19. The van der Waals surface area contributed by atoms with Crippen molar-refractivity contribution in [1.82, 2.24) is 9.97 Å². The Morgan fingerprint density at radius 2 is 2.50 bits per heavy atom. The van der Waals surface area contributed by atoms with E-state index in [4.69, 9.17) is 10.5 Å². The van der Waals surface area contributed by atoms with Crippen molar-refractivity contribution < 1.29 is 4.74 Å². The van der Waals surface area contributed by atoms with Crippen LogP contribution in [-0.4, -0.2) is 22.6 Å². The SMILES string of the molecule is CCOCc1nc2c([nH]1)CC(N)CC2. The second kappa shape index (κ2) is 4.11. The predicted molar refractivity (Wildman–Crippen MR) is 53.9 cm³/mol. The van der Waals surface area contributed by atoms with Crippen LogP contribution in [0.3, 0.4) is 0 Å². The van der Waals surface area contributed by atoms with Gasteiger partial charge in [0.05, 0.1) is 5.69 Å². The van der Waals surface area contributed by atoms with Gasteiger partial charge in [0.15, 0.2) is 0 Å². The fraction of sp³-hybridized carbons (Fsp3) is 0.700. The lowest BCUT2D eigenvalue weighted by Crippen LogP contribution is -2.27. The molecule has 1 atom stereocenters. The number of aromatic nitrogens is 2. The summed E-state index contributed by atoms with van der Waals surface area (Å²) in [6, 6.07) is 0.294. The molecule has 14 heavy (non-hydrogen) atoms. The summed E-state index contributed by atoms with van der Waals surface area (Å²) in [6.45, 7) is 3.29. The second-order valence-corrected chi connectivity index (χ2v) is 3.75. The number of H-pyrrole nitrogens is 1. The first-order valence-electron chi connectivity index (χ1n) is 5.19. The van der Waals surface area contributed by atoms with Crippen LogP contribution in [0.25, 0.3) is 0 Å². The van der Waals surface area contributed by atoms with Crippen LogP contribution in [0.5, 0.6) is 0 Å². The minimum Gasteiger partial charge on any atom is -0.374 e. The topological polar surface area (TPSA) is 63.9 Å². The number of aryl methyl sites for hydroxylation is 1. The number of rotatable bonds is 3. The maximum Gasteiger partial charge on any atom is 0.132 e. The number of nitrogens with one attached hydrogen (secondary N) is 1. The Kier molecular flexibility index (Phi) is 2.84. The molecular formula is C10H17N3O. The molecule has 0 spiro atoms. The van der Waals surface area contributed by atoms with Gasteiger partial charge in [-0.25, -0.2) is 4.98 Å². The Hall–Kier alpha value is -0.870. The second-order valence-electron chi connectivity index (χ2n) is 3.75. The van der Waals surface area contributed by atoms with Crippen LogP contribution in [0.2, 0.25) is 0 Å².